The number of nitrogens with zero attached hydrogens (tertiary/aromatic N) is 1. The van der Waals surface area contributed by atoms with Gasteiger partial charge in [0.1, 0.15) is 10.1 Å². The number of para-hydroxylation sites is 2. The van der Waals surface area contributed by atoms with Gasteiger partial charge in [0, 0.05) is 13.0 Å². The van der Waals surface area contributed by atoms with Crippen molar-refractivity contribution in [2.75, 3.05) is 19.0 Å². The van der Waals surface area contributed by atoms with Crippen LogP contribution in [-0.2, 0) is 16.0 Å². The van der Waals surface area contributed by atoms with Crippen molar-refractivity contribution < 1.29 is 14.3 Å². The lowest BCUT2D eigenvalue weighted by Crippen LogP contribution is -2.34. The first-order valence-corrected chi connectivity index (χ1v) is 9.86. The minimum Gasteiger partial charge on any atom is -0.495 e. The minimum absolute atomic E-state index is 0.0729. The molecule has 1 atom stereocenters. The molecule has 1 aliphatic heterocycles. The Morgan fingerprint density at radius 2 is 1.89 bits per heavy atom. The molecule has 0 aliphatic carbocycles. The highest BCUT2D eigenvalue weighted by Gasteiger charge is 2.37. The Morgan fingerprint density at radius 1 is 1.19 bits per heavy atom. The fraction of sp³-hybridized carbons (Fsp3) is 0.250. The topological polar surface area (TPSA) is 58.6 Å². The van der Waals surface area contributed by atoms with Crippen molar-refractivity contribution in [2.24, 2.45) is 0 Å². The summed E-state index contributed by atoms with van der Waals surface area (Å²) in [7, 11) is 1.55. The van der Waals surface area contributed by atoms with Gasteiger partial charge in [0.05, 0.1) is 18.0 Å². The van der Waals surface area contributed by atoms with Gasteiger partial charge in [-0.2, -0.15) is 0 Å². The number of ether oxygens (including phenoxy) is 1. The van der Waals surface area contributed by atoms with Gasteiger partial charge in [-0.05, 0) is 24.1 Å². The van der Waals surface area contributed by atoms with E-state index >= 15 is 0 Å². The van der Waals surface area contributed by atoms with Gasteiger partial charge in [0.25, 0.3) is 0 Å². The second-order valence-corrected chi connectivity index (χ2v) is 7.89. The van der Waals surface area contributed by atoms with Crippen LogP contribution in [0, 0.1) is 0 Å². The molecule has 1 N–H and O–H groups in total. The third kappa shape index (κ3) is 4.87. The number of thioether (sulfide) groups is 1. The molecule has 1 heterocycles. The van der Waals surface area contributed by atoms with Crippen LogP contribution >= 0.6 is 24.0 Å². The number of thiocarbonyl (C=S) groups is 1. The zero-order valence-electron chi connectivity index (χ0n) is 14.9. The van der Waals surface area contributed by atoms with Crippen molar-refractivity contribution in [3.8, 4) is 5.75 Å². The summed E-state index contributed by atoms with van der Waals surface area (Å²) in [5.74, 6) is 0.241. The van der Waals surface area contributed by atoms with E-state index in [4.69, 9.17) is 17.0 Å². The monoisotopic (exact) mass is 400 g/mol. The molecule has 0 aromatic heterocycles. The van der Waals surface area contributed by atoms with E-state index in [9.17, 15) is 9.59 Å². The van der Waals surface area contributed by atoms with Crippen molar-refractivity contribution in [2.45, 2.75) is 18.1 Å². The van der Waals surface area contributed by atoms with Crippen molar-refractivity contribution >= 4 is 45.8 Å². The molecule has 0 radical (unpaired) electrons. The van der Waals surface area contributed by atoms with Gasteiger partial charge in [-0.15, -0.1) is 0 Å². The largest absolute Gasteiger partial charge is 0.495 e. The SMILES string of the molecule is COc1ccccc1NC(=O)CC1SC(=S)N(CCc2ccccc2)C1=O. The van der Waals surface area contributed by atoms with Gasteiger partial charge >= 0.3 is 0 Å². The van der Waals surface area contributed by atoms with E-state index in [2.05, 4.69) is 5.32 Å². The number of nitrogens with one attached hydrogen (secondary N) is 1. The first-order valence-electron chi connectivity index (χ1n) is 8.57. The number of methoxy groups -OCH3 is 1. The number of carbonyl (C=O) groups is 2. The standard InChI is InChI=1S/C20H20N2O3S2/c1-25-16-10-6-5-9-15(16)21-18(23)13-17-19(24)22(20(26)27-17)12-11-14-7-3-2-4-8-14/h2-10,17H,11-13H2,1H3,(H,21,23). The van der Waals surface area contributed by atoms with Crippen molar-refractivity contribution in [3.05, 3.63) is 60.2 Å². The highest BCUT2D eigenvalue weighted by Crippen LogP contribution is 2.31. The van der Waals surface area contributed by atoms with Crippen LogP contribution in [0.5, 0.6) is 5.75 Å². The first-order chi connectivity index (χ1) is 13.1. The molecule has 5 nitrogen and oxygen atoms in total. The summed E-state index contributed by atoms with van der Waals surface area (Å²) >= 11 is 6.63. The summed E-state index contributed by atoms with van der Waals surface area (Å²) in [4.78, 5) is 26.6. The molecule has 1 saturated heterocycles. The van der Waals surface area contributed by atoms with Crippen molar-refractivity contribution in [1.29, 1.82) is 0 Å². The normalized spacial score (nSPS) is 16.5. The second-order valence-electron chi connectivity index (χ2n) is 6.05. The molecule has 27 heavy (non-hydrogen) atoms. The highest BCUT2D eigenvalue weighted by molar-refractivity contribution is 8.24. The number of rotatable bonds is 7. The minimum atomic E-state index is -0.483. The van der Waals surface area contributed by atoms with Crippen molar-refractivity contribution in [3.63, 3.8) is 0 Å². The number of carbonyl (C=O) groups excluding carboxylic acids is 2. The average Bonchev–Trinajstić information content (AvgIpc) is 2.94. The Bertz CT molecular complexity index is 842. The number of amides is 2. The Hall–Kier alpha value is -2.38. The molecule has 2 amide bonds. The zero-order chi connectivity index (χ0) is 19.2. The summed E-state index contributed by atoms with van der Waals surface area (Å²) in [6.45, 7) is 0.527. The van der Waals surface area contributed by atoms with Gasteiger partial charge in [-0.3, -0.25) is 14.5 Å². The van der Waals surface area contributed by atoms with E-state index in [1.807, 2.05) is 42.5 Å². The molecule has 2 aromatic carbocycles. The van der Waals surface area contributed by atoms with E-state index in [0.29, 0.717) is 22.3 Å². The number of hydrogen-bond acceptors (Lipinski definition) is 5. The van der Waals surface area contributed by atoms with E-state index in [1.54, 1.807) is 24.1 Å². The predicted octanol–water partition coefficient (Wildman–Crippen LogP) is 3.50. The molecule has 7 heteroatoms. The quantitative estimate of drug-likeness (QED) is 0.721. The van der Waals surface area contributed by atoms with Gasteiger partial charge in [0.15, 0.2) is 0 Å². The number of benzene rings is 2. The smallest absolute Gasteiger partial charge is 0.242 e. The molecule has 0 saturated carbocycles. The molecule has 140 valence electrons. The lowest BCUT2D eigenvalue weighted by Gasteiger charge is -2.15. The van der Waals surface area contributed by atoms with Crippen LogP contribution in [0.3, 0.4) is 0 Å². The van der Waals surface area contributed by atoms with E-state index < -0.39 is 5.25 Å². The van der Waals surface area contributed by atoms with Crippen molar-refractivity contribution in [1.82, 2.24) is 4.90 Å². The van der Waals surface area contributed by atoms with Crippen LogP contribution in [0.2, 0.25) is 0 Å². The van der Waals surface area contributed by atoms with E-state index in [-0.39, 0.29) is 18.2 Å². The van der Waals surface area contributed by atoms with Crippen LogP contribution in [0.4, 0.5) is 5.69 Å². The van der Waals surface area contributed by atoms with Gasteiger partial charge in [-0.1, -0.05) is 66.4 Å². The summed E-state index contributed by atoms with van der Waals surface area (Å²) < 4.78 is 5.76. The maximum Gasteiger partial charge on any atom is 0.242 e. The van der Waals surface area contributed by atoms with Gasteiger partial charge in [-0.25, -0.2) is 0 Å². The Morgan fingerprint density at radius 3 is 2.63 bits per heavy atom. The lowest BCUT2D eigenvalue weighted by molar-refractivity contribution is -0.128. The summed E-state index contributed by atoms with van der Waals surface area (Å²) in [5, 5.41) is 2.32. The number of anilines is 1. The molecule has 2 aromatic rings. The van der Waals surface area contributed by atoms with Crippen LogP contribution < -0.4 is 10.1 Å². The summed E-state index contributed by atoms with van der Waals surface area (Å²) in [5.41, 5.74) is 1.74. The molecule has 3 rings (SSSR count). The highest BCUT2D eigenvalue weighted by atomic mass is 32.2. The first kappa shape index (κ1) is 19.4. The summed E-state index contributed by atoms with van der Waals surface area (Å²) in [6, 6.07) is 17.1. The maximum atomic E-state index is 12.7. The molecule has 0 spiro atoms. The molecule has 1 aliphatic rings. The van der Waals surface area contributed by atoms with E-state index in [0.717, 1.165) is 12.0 Å². The van der Waals surface area contributed by atoms with Crippen LogP contribution in [-0.4, -0.2) is 39.9 Å². The zero-order valence-corrected chi connectivity index (χ0v) is 16.5. The molecular formula is C20H20N2O3S2. The average molecular weight is 401 g/mol. The Labute approximate surface area is 168 Å². The molecular weight excluding hydrogens is 380 g/mol. The van der Waals surface area contributed by atoms with Crippen LogP contribution in [0.15, 0.2) is 54.6 Å². The van der Waals surface area contributed by atoms with E-state index in [1.165, 1.54) is 11.8 Å². The predicted molar refractivity (Wildman–Crippen MR) is 112 cm³/mol. The second kappa shape index (κ2) is 9.01. The third-order valence-corrected chi connectivity index (χ3v) is 5.81. The fourth-order valence-corrected chi connectivity index (χ4v) is 4.38. The van der Waals surface area contributed by atoms with Crippen LogP contribution in [0.25, 0.3) is 0 Å². The third-order valence-electron chi connectivity index (χ3n) is 4.22. The molecule has 0 bridgehead atoms. The lowest BCUT2D eigenvalue weighted by atomic mass is 10.1. The maximum absolute atomic E-state index is 12.7. The molecule has 1 unspecified atom stereocenters. The van der Waals surface area contributed by atoms with Gasteiger partial charge < -0.3 is 10.1 Å². The number of hydrogen-bond donors (Lipinski definition) is 1. The van der Waals surface area contributed by atoms with Gasteiger partial charge in [0.2, 0.25) is 11.8 Å². The Kier molecular flexibility index (Phi) is 6.47. The molecule has 1 fully saturated rings. The Balaban J connectivity index is 1.57. The van der Waals surface area contributed by atoms with Crippen LogP contribution in [0.1, 0.15) is 12.0 Å². The fourth-order valence-electron chi connectivity index (χ4n) is 2.83. The summed E-state index contributed by atoms with van der Waals surface area (Å²) in [6.07, 6.45) is 0.803.